The van der Waals surface area contributed by atoms with Gasteiger partial charge < -0.3 is 5.32 Å². The molecule has 0 unspecified atom stereocenters. The molecule has 1 aromatic carbocycles. The average Bonchev–Trinajstić information content (AvgIpc) is 3.14. The predicted octanol–water partition coefficient (Wildman–Crippen LogP) is 2.82. The van der Waals surface area contributed by atoms with E-state index in [0.717, 1.165) is 10.6 Å². The first-order valence-corrected chi connectivity index (χ1v) is 8.43. The van der Waals surface area contributed by atoms with Gasteiger partial charge in [0.1, 0.15) is 15.6 Å². The molecule has 0 atom stereocenters. The Morgan fingerprint density at radius 2 is 1.83 bits per heavy atom. The van der Waals surface area contributed by atoms with Crippen LogP contribution in [0.5, 0.6) is 0 Å². The summed E-state index contributed by atoms with van der Waals surface area (Å²) in [5.74, 6) is -0.177. The lowest BCUT2D eigenvalue weighted by Crippen LogP contribution is -2.45. The molecular weight excluding hydrogens is 312 g/mol. The number of urea groups is 1. The fourth-order valence-electron chi connectivity index (χ4n) is 2.70. The quantitative estimate of drug-likeness (QED) is 0.855. The highest BCUT2D eigenvalue weighted by Gasteiger charge is 2.48. The lowest BCUT2D eigenvalue weighted by molar-refractivity contribution is -0.132. The van der Waals surface area contributed by atoms with E-state index >= 15 is 0 Å². The molecule has 1 N–H and O–H groups in total. The molecule has 0 saturated carbocycles. The summed E-state index contributed by atoms with van der Waals surface area (Å²) in [6.45, 7) is 3.98. The summed E-state index contributed by atoms with van der Waals surface area (Å²) in [6.07, 6.45) is 1.16. The van der Waals surface area contributed by atoms with Crippen molar-refractivity contribution in [3.8, 4) is 10.6 Å². The molecule has 0 aliphatic carbocycles. The van der Waals surface area contributed by atoms with Crippen LogP contribution in [0.25, 0.3) is 10.6 Å². The Labute approximate surface area is 138 Å². The second-order valence-corrected chi connectivity index (χ2v) is 6.54. The molecule has 23 heavy (non-hydrogen) atoms. The molecule has 3 amide bonds. The van der Waals surface area contributed by atoms with Gasteiger partial charge >= 0.3 is 6.03 Å². The van der Waals surface area contributed by atoms with Crippen LogP contribution in [-0.2, 0) is 11.3 Å². The first-order valence-electron chi connectivity index (χ1n) is 7.61. The van der Waals surface area contributed by atoms with Crippen molar-refractivity contribution in [3.63, 3.8) is 0 Å². The number of rotatable bonds is 5. The second-order valence-electron chi connectivity index (χ2n) is 5.48. The summed E-state index contributed by atoms with van der Waals surface area (Å²) < 4.78 is 0. The molecule has 2 heterocycles. The Hall–Kier alpha value is -2.28. The van der Waals surface area contributed by atoms with Crippen LogP contribution >= 0.6 is 11.3 Å². The number of amides is 3. The van der Waals surface area contributed by atoms with Crippen molar-refractivity contribution in [3.05, 3.63) is 35.3 Å². The van der Waals surface area contributed by atoms with Crippen LogP contribution in [0.15, 0.2) is 30.3 Å². The van der Waals surface area contributed by atoms with E-state index in [1.54, 1.807) is 0 Å². The van der Waals surface area contributed by atoms with E-state index in [-0.39, 0.29) is 18.5 Å². The number of aromatic nitrogens is 2. The first kappa shape index (κ1) is 15.6. The number of carbonyl (C=O) groups excluding carboxylic acids is 2. The minimum atomic E-state index is -0.774. The van der Waals surface area contributed by atoms with Gasteiger partial charge in [0, 0.05) is 5.56 Å². The summed E-state index contributed by atoms with van der Waals surface area (Å²) in [5, 5.41) is 12.5. The Morgan fingerprint density at radius 3 is 2.43 bits per heavy atom. The van der Waals surface area contributed by atoms with Crippen molar-refractivity contribution in [2.24, 2.45) is 0 Å². The monoisotopic (exact) mass is 330 g/mol. The molecule has 1 aromatic heterocycles. The largest absolute Gasteiger partial charge is 0.325 e. The number of nitrogens with one attached hydrogen (secondary N) is 1. The Kier molecular flexibility index (Phi) is 4.12. The van der Waals surface area contributed by atoms with Crippen molar-refractivity contribution in [2.75, 3.05) is 0 Å². The summed E-state index contributed by atoms with van der Waals surface area (Å²) in [6, 6.07) is 9.37. The van der Waals surface area contributed by atoms with E-state index in [2.05, 4.69) is 15.5 Å². The normalized spacial score (nSPS) is 16.7. The molecule has 3 rings (SSSR count). The molecule has 2 aromatic rings. The maximum absolute atomic E-state index is 12.6. The fraction of sp³-hybridized carbons (Fsp3) is 0.375. The van der Waals surface area contributed by atoms with Crippen LogP contribution in [0.2, 0.25) is 0 Å². The molecule has 0 bridgehead atoms. The highest BCUT2D eigenvalue weighted by Crippen LogP contribution is 2.28. The second kappa shape index (κ2) is 6.08. The van der Waals surface area contributed by atoms with Crippen LogP contribution in [0.3, 0.4) is 0 Å². The Bertz CT molecular complexity index is 725. The van der Waals surface area contributed by atoms with Crippen LogP contribution in [-0.4, -0.2) is 32.6 Å². The molecule has 1 fully saturated rings. The van der Waals surface area contributed by atoms with Crippen molar-refractivity contribution in [1.29, 1.82) is 0 Å². The van der Waals surface area contributed by atoms with Crippen molar-refractivity contribution >= 4 is 23.3 Å². The topological polar surface area (TPSA) is 75.2 Å². The van der Waals surface area contributed by atoms with E-state index in [1.807, 2.05) is 44.2 Å². The molecule has 1 aliphatic heterocycles. The Morgan fingerprint density at radius 1 is 1.13 bits per heavy atom. The van der Waals surface area contributed by atoms with Crippen molar-refractivity contribution < 1.29 is 9.59 Å². The van der Waals surface area contributed by atoms with E-state index in [9.17, 15) is 9.59 Å². The highest BCUT2D eigenvalue weighted by atomic mass is 32.1. The van der Waals surface area contributed by atoms with Gasteiger partial charge in [-0.1, -0.05) is 55.5 Å². The maximum Gasteiger partial charge on any atom is 0.325 e. The van der Waals surface area contributed by atoms with Crippen molar-refractivity contribution in [1.82, 2.24) is 20.4 Å². The van der Waals surface area contributed by atoms with E-state index < -0.39 is 5.54 Å². The van der Waals surface area contributed by atoms with Crippen molar-refractivity contribution in [2.45, 2.75) is 38.8 Å². The van der Waals surface area contributed by atoms with Gasteiger partial charge in [-0.2, -0.15) is 0 Å². The molecule has 1 aliphatic rings. The summed E-state index contributed by atoms with van der Waals surface area (Å²) in [4.78, 5) is 26.0. The van der Waals surface area contributed by atoms with E-state index in [4.69, 9.17) is 0 Å². The number of carbonyl (C=O) groups is 2. The van der Waals surface area contributed by atoms with Crippen LogP contribution in [0, 0.1) is 0 Å². The third kappa shape index (κ3) is 2.72. The summed E-state index contributed by atoms with van der Waals surface area (Å²) in [5.41, 5.74) is 0.203. The molecule has 0 radical (unpaired) electrons. The zero-order valence-electron chi connectivity index (χ0n) is 13.1. The molecule has 0 spiro atoms. The van der Waals surface area contributed by atoms with Crippen LogP contribution < -0.4 is 5.32 Å². The van der Waals surface area contributed by atoms with Gasteiger partial charge in [0.25, 0.3) is 5.91 Å². The minimum absolute atomic E-state index is 0.164. The molecule has 1 saturated heterocycles. The first-order chi connectivity index (χ1) is 11.1. The lowest BCUT2D eigenvalue weighted by Gasteiger charge is -2.22. The fourth-order valence-corrected chi connectivity index (χ4v) is 3.53. The van der Waals surface area contributed by atoms with E-state index in [0.29, 0.717) is 17.8 Å². The van der Waals surface area contributed by atoms with Gasteiger partial charge in [0.15, 0.2) is 0 Å². The number of nitrogens with zero attached hydrogens (tertiary/aromatic N) is 3. The molecule has 120 valence electrons. The SMILES string of the molecule is CCC1(CC)NC(=O)N(Cc2nnc(-c3ccccc3)s2)C1=O. The van der Waals surface area contributed by atoms with Gasteiger partial charge in [-0.25, -0.2) is 4.79 Å². The standard InChI is InChI=1S/C16H18N4O2S/c1-3-16(4-2)14(21)20(15(22)17-16)10-12-18-19-13(23-12)11-8-6-5-7-9-11/h5-9H,3-4,10H2,1-2H3,(H,17,22). The zero-order valence-corrected chi connectivity index (χ0v) is 13.9. The number of hydrogen-bond donors (Lipinski definition) is 1. The smallest absolute Gasteiger partial charge is 0.323 e. The maximum atomic E-state index is 12.6. The molecule has 6 nitrogen and oxygen atoms in total. The Balaban J connectivity index is 1.79. The molecule has 7 heteroatoms. The summed E-state index contributed by atoms with van der Waals surface area (Å²) in [7, 11) is 0. The number of benzene rings is 1. The van der Waals surface area contributed by atoms with Crippen LogP contribution in [0.1, 0.15) is 31.7 Å². The van der Waals surface area contributed by atoms with Gasteiger partial charge in [-0.15, -0.1) is 10.2 Å². The summed E-state index contributed by atoms with van der Waals surface area (Å²) >= 11 is 1.40. The minimum Gasteiger partial charge on any atom is -0.323 e. The highest BCUT2D eigenvalue weighted by molar-refractivity contribution is 7.14. The van der Waals surface area contributed by atoms with Gasteiger partial charge in [-0.3, -0.25) is 9.69 Å². The van der Waals surface area contributed by atoms with E-state index in [1.165, 1.54) is 16.2 Å². The zero-order chi connectivity index (χ0) is 16.4. The van der Waals surface area contributed by atoms with Gasteiger partial charge in [0.2, 0.25) is 0 Å². The third-order valence-electron chi connectivity index (χ3n) is 4.23. The predicted molar refractivity (Wildman–Crippen MR) is 87.7 cm³/mol. The number of hydrogen-bond acceptors (Lipinski definition) is 5. The number of imide groups is 1. The lowest BCUT2D eigenvalue weighted by atomic mass is 9.93. The van der Waals surface area contributed by atoms with Gasteiger partial charge in [-0.05, 0) is 12.8 Å². The molecular formula is C16H18N4O2S. The average molecular weight is 330 g/mol. The third-order valence-corrected chi connectivity index (χ3v) is 5.19. The van der Waals surface area contributed by atoms with Crippen LogP contribution in [0.4, 0.5) is 4.79 Å². The van der Waals surface area contributed by atoms with Gasteiger partial charge in [0.05, 0.1) is 6.54 Å².